The van der Waals surface area contributed by atoms with E-state index in [0.29, 0.717) is 12.2 Å². The highest BCUT2D eigenvalue weighted by atomic mass is 32.2. The van der Waals surface area contributed by atoms with Crippen molar-refractivity contribution in [3.8, 4) is 0 Å². The number of pyridine rings is 1. The summed E-state index contributed by atoms with van der Waals surface area (Å²) in [5, 5.41) is -0.0566. The van der Waals surface area contributed by atoms with E-state index < -0.39 is 10.0 Å². The lowest BCUT2D eigenvalue weighted by Gasteiger charge is -2.09. The average molecular weight is 270 g/mol. The molecule has 0 amide bonds. The number of nitrogens with zero attached hydrogens (tertiary/aromatic N) is 1. The third-order valence-electron chi connectivity index (χ3n) is 2.96. The highest BCUT2D eigenvalue weighted by molar-refractivity contribution is 7.89. The van der Waals surface area contributed by atoms with Gasteiger partial charge in [0, 0.05) is 12.7 Å². The van der Waals surface area contributed by atoms with E-state index in [-0.39, 0.29) is 5.03 Å². The van der Waals surface area contributed by atoms with Crippen molar-refractivity contribution in [3.05, 3.63) is 18.3 Å². The standard InChI is InChI=1S/C11H18N4O2S/c12-15-10-4-2-7-13-11(10)18(16,17)14-8-1-3-9-5-6-9/h2,4,7,9,14-15H,1,3,5-6,8,12H2. The molecule has 0 saturated heterocycles. The molecule has 1 aliphatic rings. The molecule has 7 heteroatoms. The molecule has 0 aliphatic heterocycles. The number of nitrogens with two attached hydrogens (primary N) is 1. The van der Waals surface area contributed by atoms with E-state index >= 15 is 0 Å². The molecule has 1 saturated carbocycles. The summed E-state index contributed by atoms with van der Waals surface area (Å²) in [4.78, 5) is 3.85. The summed E-state index contributed by atoms with van der Waals surface area (Å²) in [6.07, 6.45) is 5.96. The number of hydrogen-bond donors (Lipinski definition) is 3. The first-order chi connectivity index (χ1) is 8.63. The SMILES string of the molecule is NNc1cccnc1S(=O)(=O)NCCCC1CC1. The Labute approximate surface area is 107 Å². The average Bonchev–Trinajstić information content (AvgIpc) is 3.19. The maximum Gasteiger partial charge on any atom is 0.260 e. The fourth-order valence-electron chi connectivity index (χ4n) is 1.79. The summed E-state index contributed by atoms with van der Waals surface area (Å²) in [6.45, 7) is 0.444. The van der Waals surface area contributed by atoms with E-state index in [0.717, 1.165) is 18.8 Å². The lowest BCUT2D eigenvalue weighted by molar-refractivity contribution is 0.569. The zero-order valence-corrected chi connectivity index (χ0v) is 10.9. The molecule has 0 unspecified atom stereocenters. The number of nitrogens with one attached hydrogen (secondary N) is 2. The van der Waals surface area contributed by atoms with Gasteiger partial charge in [0.15, 0.2) is 5.03 Å². The van der Waals surface area contributed by atoms with Crippen LogP contribution in [-0.4, -0.2) is 19.9 Å². The van der Waals surface area contributed by atoms with Gasteiger partial charge in [-0.1, -0.05) is 12.8 Å². The summed E-state index contributed by atoms with van der Waals surface area (Å²) in [5.41, 5.74) is 2.64. The highest BCUT2D eigenvalue weighted by Crippen LogP contribution is 2.33. The number of rotatable bonds is 7. The molecule has 100 valence electrons. The predicted molar refractivity (Wildman–Crippen MR) is 69.2 cm³/mol. The first-order valence-electron chi connectivity index (χ1n) is 6.05. The molecule has 0 radical (unpaired) electrons. The Bertz CT molecular complexity index is 500. The van der Waals surface area contributed by atoms with Crippen LogP contribution in [0.4, 0.5) is 5.69 Å². The van der Waals surface area contributed by atoms with Crippen LogP contribution in [0.1, 0.15) is 25.7 Å². The molecule has 4 N–H and O–H groups in total. The van der Waals surface area contributed by atoms with Crippen LogP contribution in [0.2, 0.25) is 0 Å². The zero-order valence-electron chi connectivity index (χ0n) is 10.1. The minimum atomic E-state index is -3.58. The second-order valence-corrected chi connectivity index (χ2v) is 6.17. The van der Waals surface area contributed by atoms with Crippen molar-refractivity contribution in [3.63, 3.8) is 0 Å². The predicted octanol–water partition coefficient (Wildman–Crippen LogP) is 0.836. The molecule has 1 aromatic rings. The summed E-state index contributed by atoms with van der Waals surface area (Å²) in [6, 6.07) is 3.20. The van der Waals surface area contributed by atoms with Crippen LogP contribution in [0.5, 0.6) is 0 Å². The lowest BCUT2D eigenvalue weighted by atomic mass is 10.2. The van der Waals surface area contributed by atoms with Crippen LogP contribution in [0.25, 0.3) is 0 Å². The molecule has 1 aromatic heterocycles. The van der Waals surface area contributed by atoms with E-state index in [1.54, 1.807) is 12.1 Å². The van der Waals surface area contributed by atoms with Crippen molar-refractivity contribution in [2.24, 2.45) is 11.8 Å². The molecule has 0 atom stereocenters. The van der Waals surface area contributed by atoms with E-state index in [9.17, 15) is 8.42 Å². The van der Waals surface area contributed by atoms with Gasteiger partial charge < -0.3 is 5.43 Å². The maximum absolute atomic E-state index is 12.0. The lowest BCUT2D eigenvalue weighted by Crippen LogP contribution is -2.27. The largest absolute Gasteiger partial charge is 0.321 e. The van der Waals surface area contributed by atoms with Crippen LogP contribution in [0.3, 0.4) is 0 Å². The second-order valence-electron chi connectivity index (χ2n) is 4.48. The molecule has 1 aliphatic carbocycles. The number of nitrogen functional groups attached to an aromatic ring is 1. The topological polar surface area (TPSA) is 97.1 Å². The third kappa shape index (κ3) is 3.41. The van der Waals surface area contributed by atoms with E-state index in [1.165, 1.54) is 19.0 Å². The molecular formula is C11H18N4O2S. The van der Waals surface area contributed by atoms with Gasteiger partial charge >= 0.3 is 0 Å². The quantitative estimate of drug-likeness (QED) is 0.387. The Hall–Kier alpha value is -1.18. The minimum Gasteiger partial charge on any atom is -0.321 e. The van der Waals surface area contributed by atoms with Crippen molar-refractivity contribution >= 4 is 15.7 Å². The summed E-state index contributed by atoms with van der Waals surface area (Å²) in [7, 11) is -3.58. The molecule has 1 heterocycles. The zero-order chi connectivity index (χ0) is 13.0. The van der Waals surface area contributed by atoms with Crippen molar-refractivity contribution in [1.82, 2.24) is 9.71 Å². The molecule has 18 heavy (non-hydrogen) atoms. The van der Waals surface area contributed by atoms with E-state index in [2.05, 4.69) is 15.1 Å². The molecule has 0 spiro atoms. The van der Waals surface area contributed by atoms with E-state index in [1.807, 2.05) is 0 Å². The Balaban J connectivity index is 1.95. The van der Waals surface area contributed by atoms with Crippen LogP contribution in [-0.2, 0) is 10.0 Å². The van der Waals surface area contributed by atoms with Crippen molar-refractivity contribution in [2.45, 2.75) is 30.7 Å². The van der Waals surface area contributed by atoms with Gasteiger partial charge in [-0.2, -0.15) is 0 Å². The van der Waals surface area contributed by atoms with Gasteiger partial charge in [0.2, 0.25) is 0 Å². The third-order valence-corrected chi connectivity index (χ3v) is 4.38. The smallest absolute Gasteiger partial charge is 0.260 e. The van der Waals surface area contributed by atoms with Gasteiger partial charge in [-0.25, -0.2) is 18.1 Å². The summed E-state index contributed by atoms with van der Waals surface area (Å²) in [5.74, 6) is 6.08. The summed E-state index contributed by atoms with van der Waals surface area (Å²) >= 11 is 0. The number of aromatic nitrogens is 1. The van der Waals surface area contributed by atoms with Gasteiger partial charge in [0.25, 0.3) is 10.0 Å². The van der Waals surface area contributed by atoms with E-state index in [4.69, 9.17) is 5.84 Å². The van der Waals surface area contributed by atoms with Crippen molar-refractivity contribution in [2.75, 3.05) is 12.0 Å². The van der Waals surface area contributed by atoms with Gasteiger partial charge in [-0.15, -0.1) is 0 Å². The number of anilines is 1. The van der Waals surface area contributed by atoms with Crippen LogP contribution >= 0.6 is 0 Å². The van der Waals surface area contributed by atoms with Crippen LogP contribution < -0.4 is 16.0 Å². The Morgan fingerprint density at radius 2 is 2.22 bits per heavy atom. The fourth-order valence-corrected chi connectivity index (χ4v) is 2.95. The molecule has 1 fully saturated rings. The van der Waals surface area contributed by atoms with Crippen molar-refractivity contribution < 1.29 is 8.42 Å². The van der Waals surface area contributed by atoms with Gasteiger partial charge in [-0.3, -0.25) is 5.84 Å². The molecule has 0 bridgehead atoms. The first-order valence-corrected chi connectivity index (χ1v) is 7.53. The molecule has 6 nitrogen and oxygen atoms in total. The number of hydrogen-bond acceptors (Lipinski definition) is 5. The normalized spacial score (nSPS) is 15.6. The Morgan fingerprint density at radius 1 is 1.44 bits per heavy atom. The van der Waals surface area contributed by atoms with Gasteiger partial charge in [0.05, 0.1) is 5.69 Å². The maximum atomic E-state index is 12.0. The number of sulfonamides is 1. The Kier molecular flexibility index (Phi) is 4.15. The monoisotopic (exact) mass is 270 g/mol. The highest BCUT2D eigenvalue weighted by Gasteiger charge is 2.22. The molecular weight excluding hydrogens is 252 g/mol. The van der Waals surface area contributed by atoms with Crippen molar-refractivity contribution in [1.29, 1.82) is 0 Å². The minimum absolute atomic E-state index is 0.0566. The van der Waals surface area contributed by atoms with Crippen LogP contribution in [0, 0.1) is 5.92 Å². The number of hydrazine groups is 1. The van der Waals surface area contributed by atoms with Gasteiger partial charge in [-0.05, 0) is 30.9 Å². The summed E-state index contributed by atoms with van der Waals surface area (Å²) < 4.78 is 26.6. The first kappa shape index (κ1) is 13.3. The van der Waals surface area contributed by atoms with Gasteiger partial charge in [0.1, 0.15) is 0 Å². The Morgan fingerprint density at radius 3 is 2.89 bits per heavy atom. The fraction of sp³-hybridized carbons (Fsp3) is 0.545. The molecule has 0 aromatic carbocycles. The molecule has 2 rings (SSSR count). The second kappa shape index (κ2) is 5.64. The van der Waals surface area contributed by atoms with Crippen LogP contribution in [0.15, 0.2) is 23.4 Å².